The molecule has 0 aliphatic heterocycles. The summed E-state index contributed by atoms with van der Waals surface area (Å²) in [6.07, 6.45) is 2.52. The van der Waals surface area contributed by atoms with Gasteiger partial charge in [-0.1, -0.05) is 34.5 Å². The monoisotopic (exact) mass is 368 g/mol. The number of aromatic nitrogens is 1. The summed E-state index contributed by atoms with van der Waals surface area (Å²) in [5, 5.41) is 4.12. The van der Waals surface area contributed by atoms with E-state index in [-0.39, 0.29) is 6.04 Å². The summed E-state index contributed by atoms with van der Waals surface area (Å²) in [5.74, 6) is 0.869. The third-order valence-corrected chi connectivity index (χ3v) is 4.05. The van der Waals surface area contributed by atoms with Crippen molar-refractivity contribution < 1.29 is 4.74 Å². The molecule has 0 amide bonds. The lowest BCUT2D eigenvalue weighted by Gasteiger charge is -2.20. The average molecular weight is 370 g/mol. The first kappa shape index (κ1) is 16.3. The van der Waals surface area contributed by atoms with E-state index in [1.165, 1.54) is 0 Å². The number of likely N-dealkylation sites (N-methyl/N-ethyl adjacent to an activating group) is 1. The number of nitrogens with zero attached hydrogens (tertiary/aromatic N) is 1. The molecule has 1 heterocycles. The maximum atomic E-state index is 6.28. The summed E-state index contributed by atoms with van der Waals surface area (Å²) >= 11 is 9.79. The number of nitrogens with one attached hydrogen (secondary N) is 1. The van der Waals surface area contributed by atoms with Crippen molar-refractivity contribution in [1.29, 1.82) is 0 Å². The molecule has 2 aromatic rings. The van der Waals surface area contributed by atoms with E-state index < -0.39 is 0 Å². The predicted molar refractivity (Wildman–Crippen MR) is 90.1 cm³/mol. The number of hydrogen-bond acceptors (Lipinski definition) is 3. The van der Waals surface area contributed by atoms with Gasteiger partial charge in [-0.15, -0.1) is 0 Å². The van der Waals surface area contributed by atoms with Gasteiger partial charge in [-0.2, -0.15) is 0 Å². The smallest absolute Gasteiger partial charge is 0.122 e. The molecule has 112 valence electrons. The fraction of sp³-hybridized carbons (Fsp3) is 0.312. The average Bonchev–Trinajstić information content (AvgIpc) is 2.48. The minimum absolute atomic E-state index is 0.0481. The molecule has 1 aromatic heterocycles. The zero-order valence-electron chi connectivity index (χ0n) is 12.1. The molecule has 0 saturated carbocycles. The first-order valence-electron chi connectivity index (χ1n) is 6.82. The van der Waals surface area contributed by atoms with Crippen molar-refractivity contribution in [2.75, 3.05) is 13.7 Å². The minimum atomic E-state index is 0.0481. The summed E-state index contributed by atoms with van der Waals surface area (Å²) in [6.45, 7) is 2.91. The van der Waals surface area contributed by atoms with E-state index in [1.54, 1.807) is 13.3 Å². The molecule has 3 nitrogen and oxygen atoms in total. The van der Waals surface area contributed by atoms with Crippen LogP contribution in [0.3, 0.4) is 0 Å². The standard InChI is InChI=1S/C16H18BrClN2O/c1-3-19-14(16-13(18)5-4-8-20-16)10-11-9-12(17)6-7-15(11)21-2/h4-9,14,19H,3,10H2,1-2H3. The van der Waals surface area contributed by atoms with Crippen molar-refractivity contribution in [1.82, 2.24) is 10.3 Å². The fourth-order valence-electron chi connectivity index (χ4n) is 2.29. The van der Waals surface area contributed by atoms with Crippen LogP contribution in [0.2, 0.25) is 5.02 Å². The third kappa shape index (κ3) is 4.19. The quantitative estimate of drug-likeness (QED) is 0.819. The predicted octanol–water partition coefficient (Wildman–Crippen LogP) is 4.40. The number of rotatable bonds is 6. The van der Waals surface area contributed by atoms with Crippen molar-refractivity contribution in [3.8, 4) is 5.75 Å². The summed E-state index contributed by atoms with van der Waals surface area (Å²) in [6, 6.07) is 9.76. The second kappa shape index (κ2) is 7.78. The van der Waals surface area contributed by atoms with Crippen LogP contribution in [0.15, 0.2) is 41.0 Å². The maximum absolute atomic E-state index is 6.28. The Morgan fingerprint density at radius 2 is 2.19 bits per heavy atom. The van der Waals surface area contributed by atoms with E-state index in [1.807, 2.05) is 24.3 Å². The Balaban J connectivity index is 2.33. The van der Waals surface area contributed by atoms with Crippen LogP contribution in [-0.2, 0) is 6.42 Å². The molecule has 0 bridgehead atoms. The van der Waals surface area contributed by atoms with E-state index in [0.29, 0.717) is 5.02 Å². The summed E-state index contributed by atoms with van der Waals surface area (Å²) in [4.78, 5) is 4.42. The Hall–Kier alpha value is -1.10. The van der Waals surface area contributed by atoms with Crippen molar-refractivity contribution in [2.24, 2.45) is 0 Å². The van der Waals surface area contributed by atoms with Gasteiger partial charge in [0.15, 0.2) is 0 Å². The lowest BCUT2D eigenvalue weighted by molar-refractivity contribution is 0.405. The number of pyridine rings is 1. The molecule has 0 radical (unpaired) electrons. The molecule has 0 saturated heterocycles. The molecule has 0 spiro atoms. The molecule has 1 N–H and O–H groups in total. The number of hydrogen-bond donors (Lipinski definition) is 1. The van der Waals surface area contributed by atoms with Gasteiger partial charge in [-0.25, -0.2) is 0 Å². The summed E-state index contributed by atoms with van der Waals surface area (Å²) < 4.78 is 6.47. The summed E-state index contributed by atoms with van der Waals surface area (Å²) in [7, 11) is 1.68. The van der Waals surface area contributed by atoms with Crippen LogP contribution in [0, 0.1) is 0 Å². The Labute approximate surface area is 138 Å². The Bertz CT molecular complexity index is 607. The first-order chi connectivity index (χ1) is 10.2. The lowest BCUT2D eigenvalue weighted by atomic mass is 10.0. The highest BCUT2D eigenvalue weighted by Gasteiger charge is 2.18. The van der Waals surface area contributed by atoms with Crippen molar-refractivity contribution >= 4 is 27.5 Å². The Morgan fingerprint density at radius 1 is 1.38 bits per heavy atom. The van der Waals surface area contributed by atoms with E-state index >= 15 is 0 Å². The normalized spacial score (nSPS) is 12.2. The van der Waals surface area contributed by atoms with Gasteiger partial charge < -0.3 is 10.1 Å². The van der Waals surface area contributed by atoms with Gasteiger partial charge in [0.1, 0.15) is 5.75 Å². The van der Waals surface area contributed by atoms with Gasteiger partial charge in [-0.3, -0.25) is 4.98 Å². The number of ether oxygens (including phenoxy) is 1. The molecule has 1 atom stereocenters. The molecule has 0 aliphatic carbocycles. The number of benzene rings is 1. The van der Waals surface area contributed by atoms with Crippen molar-refractivity contribution in [3.05, 3.63) is 57.3 Å². The van der Waals surface area contributed by atoms with Gasteiger partial charge in [0.2, 0.25) is 0 Å². The van der Waals surface area contributed by atoms with Gasteiger partial charge in [0.05, 0.1) is 23.9 Å². The molecule has 0 aliphatic rings. The van der Waals surface area contributed by atoms with E-state index in [0.717, 1.165) is 34.4 Å². The lowest BCUT2D eigenvalue weighted by Crippen LogP contribution is -2.24. The Morgan fingerprint density at radius 3 is 2.86 bits per heavy atom. The van der Waals surface area contributed by atoms with E-state index in [4.69, 9.17) is 16.3 Å². The topological polar surface area (TPSA) is 34.1 Å². The molecular formula is C16H18BrClN2O. The highest BCUT2D eigenvalue weighted by atomic mass is 79.9. The molecule has 21 heavy (non-hydrogen) atoms. The van der Waals surface area contributed by atoms with Crippen LogP contribution in [0.5, 0.6) is 5.75 Å². The molecule has 1 aromatic carbocycles. The number of halogens is 2. The Kier molecular flexibility index (Phi) is 6.03. The SMILES string of the molecule is CCNC(Cc1cc(Br)ccc1OC)c1ncccc1Cl. The fourth-order valence-corrected chi connectivity index (χ4v) is 2.95. The summed E-state index contributed by atoms with van der Waals surface area (Å²) in [5.41, 5.74) is 1.97. The second-order valence-corrected chi connectivity index (χ2v) is 5.96. The molecular weight excluding hydrogens is 352 g/mol. The highest BCUT2D eigenvalue weighted by Crippen LogP contribution is 2.29. The van der Waals surface area contributed by atoms with Crippen LogP contribution in [0.1, 0.15) is 24.2 Å². The van der Waals surface area contributed by atoms with Crippen LogP contribution in [0.4, 0.5) is 0 Å². The van der Waals surface area contributed by atoms with Crippen LogP contribution < -0.4 is 10.1 Å². The van der Waals surface area contributed by atoms with Crippen LogP contribution >= 0.6 is 27.5 Å². The van der Waals surface area contributed by atoms with Crippen molar-refractivity contribution in [2.45, 2.75) is 19.4 Å². The zero-order valence-corrected chi connectivity index (χ0v) is 14.4. The van der Waals surface area contributed by atoms with Crippen LogP contribution in [0.25, 0.3) is 0 Å². The maximum Gasteiger partial charge on any atom is 0.122 e. The molecule has 1 unspecified atom stereocenters. The highest BCUT2D eigenvalue weighted by molar-refractivity contribution is 9.10. The van der Waals surface area contributed by atoms with Gasteiger partial charge >= 0.3 is 0 Å². The van der Waals surface area contributed by atoms with Gasteiger partial charge in [0, 0.05) is 10.7 Å². The van der Waals surface area contributed by atoms with Crippen molar-refractivity contribution in [3.63, 3.8) is 0 Å². The van der Waals surface area contributed by atoms with E-state index in [2.05, 4.69) is 39.2 Å². The molecule has 0 fully saturated rings. The second-order valence-electron chi connectivity index (χ2n) is 4.64. The third-order valence-electron chi connectivity index (χ3n) is 3.23. The van der Waals surface area contributed by atoms with Crippen LogP contribution in [-0.4, -0.2) is 18.6 Å². The zero-order chi connectivity index (χ0) is 15.2. The number of methoxy groups -OCH3 is 1. The molecule has 2 rings (SSSR count). The largest absolute Gasteiger partial charge is 0.496 e. The van der Waals surface area contributed by atoms with Gasteiger partial charge in [-0.05, 0) is 48.9 Å². The molecule has 5 heteroatoms. The minimum Gasteiger partial charge on any atom is -0.496 e. The van der Waals surface area contributed by atoms with Gasteiger partial charge in [0.25, 0.3) is 0 Å². The first-order valence-corrected chi connectivity index (χ1v) is 7.99. The van der Waals surface area contributed by atoms with E-state index in [9.17, 15) is 0 Å².